The van der Waals surface area contributed by atoms with E-state index in [1.807, 2.05) is 32.0 Å². The van der Waals surface area contributed by atoms with Gasteiger partial charge in [-0.1, -0.05) is 23.8 Å². The molecule has 2 aromatic rings. The average molecular weight is 302 g/mol. The van der Waals surface area contributed by atoms with E-state index in [0.29, 0.717) is 0 Å². The Balaban J connectivity index is 2.25. The summed E-state index contributed by atoms with van der Waals surface area (Å²) in [5.41, 5.74) is 3.96. The van der Waals surface area contributed by atoms with Gasteiger partial charge in [-0.3, -0.25) is 9.59 Å². The molecule has 3 nitrogen and oxygen atoms in total. The molecule has 0 saturated heterocycles. The molecule has 0 radical (unpaired) electrons. The Morgan fingerprint density at radius 2 is 1.90 bits per heavy atom. The van der Waals surface area contributed by atoms with Crippen LogP contribution in [0.5, 0.6) is 0 Å². The molecule has 0 spiro atoms. The molecule has 1 aliphatic rings. The third kappa shape index (κ3) is 2.54. The first-order chi connectivity index (χ1) is 9.99. The van der Waals surface area contributed by atoms with E-state index in [4.69, 9.17) is 11.6 Å². The second-order valence-corrected chi connectivity index (χ2v) is 5.97. The highest BCUT2D eigenvalue weighted by Gasteiger charge is 2.29. The largest absolute Gasteiger partial charge is 0.305 e. The van der Waals surface area contributed by atoms with Gasteiger partial charge in [-0.2, -0.15) is 0 Å². The minimum Gasteiger partial charge on any atom is -0.305 e. The molecule has 1 aliphatic carbocycles. The Morgan fingerprint density at radius 3 is 2.48 bits per heavy atom. The molecule has 0 N–H and O–H groups in total. The summed E-state index contributed by atoms with van der Waals surface area (Å²) in [6.45, 7) is 4.07. The van der Waals surface area contributed by atoms with Crippen LogP contribution in [-0.2, 0) is 0 Å². The number of nitrogens with zero attached hydrogens (tertiary/aromatic N) is 1. The predicted molar refractivity (Wildman–Crippen MR) is 84.1 cm³/mol. The zero-order chi connectivity index (χ0) is 15.1. The summed E-state index contributed by atoms with van der Waals surface area (Å²) in [6.07, 6.45) is 1.94. The van der Waals surface area contributed by atoms with Gasteiger partial charge in [0.05, 0.1) is 11.3 Å². The summed E-state index contributed by atoms with van der Waals surface area (Å²) >= 11 is 5.50. The molecule has 1 aromatic carbocycles. The van der Waals surface area contributed by atoms with E-state index in [-0.39, 0.29) is 17.2 Å². The average Bonchev–Trinajstić information content (AvgIpc) is 3.22. The summed E-state index contributed by atoms with van der Waals surface area (Å²) in [6, 6.07) is 9.70. The number of aromatic nitrogens is 1. The van der Waals surface area contributed by atoms with Crippen LogP contribution in [0, 0.1) is 13.8 Å². The molecule has 0 amide bonds. The minimum atomic E-state index is -0.693. The molecule has 1 fully saturated rings. The molecular formula is C17H16ClNO2. The van der Waals surface area contributed by atoms with Crippen molar-refractivity contribution >= 4 is 16.8 Å². The molecule has 1 saturated carbocycles. The fourth-order valence-electron chi connectivity index (χ4n) is 2.72. The quantitative estimate of drug-likeness (QED) is 0.808. The van der Waals surface area contributed by atoms with Gasteiger partial charge in [-0.15, -0.1) is 0 Å². The molecule has 0 unspecified atom stereocenters. The minimum absolute atomic E-state index is 0.0529. The topological polar surface area (TPSA) is 39.1 Å². The van der Waals surface area contributed by atoms with Crippen LogP contribution in [0.3, 0.4) is 0 Å². The van der Waals surface area contributed by atoms with Crippen molar-refractivity contribution in [2.24, 2.45) is 0 Å². The standard InChI is InChI=1S/C17H16ClNO2/c1-10-3-6-13(11(2)9-10)15-8-7-14(16(18)20)17(21)19(15)12-4-5-12/h3,6-9,12H,4-5H2,1-2H3. The molecule has 1 aromatic heterocycles. The van der Waals surface area contributed by atoms with Gasteiger partial charge in [-0.05, 0) is 56.0 Å². The number of halogens is 1. The molecule has 108 valence electrons. The van der Waals surface area contributed by atoms with Crippen LogP contribution in [0.4, 0.5) is 0 Å². The lowest BCUT2D eigenvalue weighted by Gasteiger charge is -2.15. The highest BCUT2D eigenvalue weighted by Crippen LogP contribution is 2.37. The smallest absolute Gasteiger partial charge is 0.263 e. The van der Waals surface area contributed by atoms with Gasteiger partial charge in [0.1, 0.15) is 0 Å². The molecule has 4 heteroatoms. The van der Waals surface area contributed by atoms with Crippen LogP contribution < -0.4 is 5.56 Å². The Labute approximate surface area is 128 Å². The zero-order valence-electron chi connectivity index (χ0n) is 12.0. The van der Waals surface area contributed by atoms with Crippen molar-refractivity contribution in [3.63, 3.8) is 0 Å². The van der Waals surface area contributed by atoms with E-state index in [9.17, 15) is 9.59 Å². The maximum absolute atomic E-state index is 12.5. The Kier molecular flexibility index (Phi) is 3.46. The first kappa shape index (κ1) is 14.1. The molecule has 21 heavy (non-hydrogen) atoms. The Morgan fingerprint density at radius 1 is 1.19 bits per heavy atom. The van der Waals surface area contributed by atoms with Crippen molar-refractivity contribution < 1.29 is 4.79 Å². The van der Waals surface area contributed by atoms with Crippen molar-refractivity contribution in [2.45, 2.75) is 32.7 Å². The normalized spacial score (nSPS) is 14.2. The van der Waals surface area contributed by atoms with Crippen molar-refractivity contribution in [3.05, 3.63) is 57.4 Å². The van der Waals surface area contributed by atoms with Gasteiger partial charge >= 0.3 is 0 Å². The highest BCUT2D eigenvalue weighted by atomic mass is 35.5. The fraction of sp³-hybridized carbons (Fsp3) is 0.294. The van der Waals surface area contributed by atoms with Crippen LogP contribution in [-0.4, -0.2) is 9.81 Å². The zero-order valence-corrected chi connectivity index (χ0v) is 12.8. The van der Waals surface area contributed by atoms with E-state index in [1.54, 1.807) is 4.57 Å². The number of carbonyl (C=O) groups is 1. The summed E-state index contributed by atoms with van der Waals surface area (Å²) in [7, 11) is 0. The van der Waals surface area contributed by atoms with Crippen molar-refractivity contribution in [2.75, 3.05) is 0 Å². The summed E-state index contributed by atoms with van der Waals surface area (Å²) in [5, 5.41) is -0.693. The monoisotopic (exact) mass is 301 g/mol. The summed E-state index contributed by atoms with van der Waals surface area (Å²) < 4.78 is 1.73. The second kappa shape index (κ2) is 5.15. The Hall–Kier alpha value is -1.87. The molecule has 3 rings (SSSR count). The molecule has 1 heterocycles. The number of rotatable bonds is 3. The second-order valence-electron chi connectivity index (χ2n) is 5.63. The maximum atomic E-state index is 12.5. The predicted octanol–water partition coefficient (Wildman–Crippen LogP) is 3.85. The van der Waals surface area contributed by atoms with Crippen molar-refractivity contribution in [1.29, 1.82) is 0 Å². The lowest BCUT2D eigenvalue weighted by molar-refractivity contribution is 0.107. The number of benzene rings is 1. The molecular weight excluding hydrogens is 286 g/mol. The third-order valence-electron chi connectivity index (χ3n) is 3.90. The maximum Gasteiger partial charge on any atom is 0.263 e. The Bertz CT molecular complexity index is 788. The van der Waals surface area contributed by atoms with Crippen LogP contribution in [0.2, 0.25) is 0 Å². The number of carbonyl (C=O) groups excluding carboxylic acids is 1. The highest BCUT2D eigenvalue weighted by molar-refractivity contribution is 6.67. The first-order valence-electron chi connectivity index (χ1n) is 7.02. The fourth-order valence-corrected chi connectivity index (χ4v) is 2.86. The molecule has 0 atom stereocenters. The van der Waals surface area contributed by atoms with E-state index in [1.165, 1.54) is 11.6 Å². The summed E-state index contributed by atoms with van der Waals surface area (Å²) in [4.78, 5) is 23.9. The van der Waals surface area contributed by atoms with Crippen molar-refractivity contribution in [3.8, 4) is 11.3 Å². The third-order valence-corrected chi connectivity index (χ3v) is 4.10. The van der Waals surface area contributed by atoms with Crippen LogP contribution in [0.25, 0.3) is 11.3 Å². The SMILES string of the molecule is Cc1ccc(-c2ccc(C(=O)Cl)c(=O)n2C2CC2)c(C)c1. The van der Waals surface area contributed by atoms with Gasteiger partial charge in [0.2, 0.25) is 0 Å². The van der Waals surface area contributed by atoms with E-state index < -0.39 is 5.24 Å². The molecule has 0 aliphatic heterocycles. The van der Waals surface area contributed by atoms with E-state index >= 15 is 0 Å². The van der Waals surface area contributed by atoms with Gasteiger partial charge in [0.25, 0.3) is 10.8 Å². The lowest BCUT2D eigenvalue weighted by atomic mass is 10.0. The van der Waals surface area contributed by atoms with Gasteiger partial charge < -0.3 is 4.57 Å². The number of hydrogen-bond donors (Lipinski definition) is 0. The molecule has 0 bridgehead atoms. The van der Waals surface area contributed by atoms with E-state index in [2.05, 4.69) is 6.07 Å². The van der Waals surface area contributed by atoms with Crippen LogP contribution >= 0.6 is 11.6 Å². The number of aryl methyl sites for hydroxylation is 2. The lowest BCUT2D eigenvalue weighted by Crippen LogP contribution is -2.25. The number of hydrogen-bond acceptors (Lipinski definition) is 2. The van der Waals surface area contributed by atoms with Crippen LogP contribution in [0.1, 0.15) is 40.4 Å². The number of pyridine rings is 1. The van der Waals surface area contributed by atoms with Crippen LogP contribution in [0.15, 0.2) is 35.1 Å². The van der Waals surface area contributed by atoms with Gasteiger partial charge in [0, 0.05) is 11.6 Å². The van der Waals surface area contributed by atoms with Gasteiger partial charge in [-0.25, -0.2) is 0 Å². The van der Waals surface area contributed by atoms with E-state index in [0.717, 1.165) is 29.7 Å². The summed E-state index contributed by atoms with van der Waals surface area (Å²) in [5.74, 6) is 0. The first-order valence-corrected chi connectivity index (χ1v) is 7.40. The van der Waals surface area contributed by atoms with Gasteiger partial charge in [0.15, 0.2) is 0 Å². The van der Waals surface area contributed by atoms with Crippen molar-refractivity contribution in [1.82, 2.24) is 4.57 Å².